The van der Waals surface area contributed by atoms with Gasteiger partial charge < -0.3 is 58.6 Å². The van der Waals surface area contributed by atoms with E-state index in [2.05, 4.69) is 56.6 Å². The first-order chi connectivity index (χ1) is 34.9. The van der Waals surface area contributed by atoms with Crippen molar-refractivity contribution in [2.24, 2.45) is 46.3 Å². The number of ether oxygens (including phenoxy) is 8. The zero-order chi connectivity index (χ0) is 51.4. The van der Waals surface area contributed by atoms with Crippen LogP contribution < -0.4 is 16.0 Å². The first kappa shape index (κ1) is 59.4. The number of alkyl carbamates (subject to hydrolysis) is 1. The van der Waals surface area contributed by atoms with E-state index >= 15 is 0 Å². The van der Waals surface area contributed by atoms with E-state index in [1.54, 1.807) is 5.57 Å². The summed E-state index contributed by atoms with van der Waals surface area (Å²) in [5.41, 5.74) is 3.23. The fourth-order valence-electron chi connectivity index (χ4n) is 12.5. The fraction of sp³-hybridized carbons (Fsp3) is 0.789. The summed E-state index contributed by atoms with van der Waals surface area (Å²) in [6, 6.07) is 8.80. The summed E-state index contributed by atoms with van der Waals surface area (Å²) < 4.78 is 44.8. The molecule has 15 nitrogen and oxygen atoms in total. The summed E-state index contributed by atoms with van der Waals surface area (Å²) in [6.45, 7) is 19.2. The lowest BCUT2D eigenvalue weighted by Gasteiger charge is -2.58. The maximum absolute atomic E-state index is 12.7. The van der Waals surface area contributed by atoms with Gasteiger partial charge in [-0.3, -0.25) is 9.59 Å². The van der Waals surface area contributed by atoms with Gasteiger partial charge in [-0.05, 0) is 103 Å². The molecule has 0 spiro atoms. The Balaban J connectivity index is 0.747. The van der Waals surface area contributed by atoms with Crippen molar-refractivity contribution in [1.82, 2.24) is 16.0 Å². The summed E-state index contributed by atoms with van der Waals surface area (Å²) in [4.78, 5) is 48.3. The highest BCUT2D eigenvalue weighted by atomic mass is 16.6. The van der Waals surface area contributed by atoms with Gasteiger partial charge in [0.05, 0.1) is 98.5 Å². The number of hydrogen-bond acceptors (Lipinski definition) is 12. The van der Waals surface area contributed by atoms with Crippen molar-refractivity contribution in [2.45, 2.75) is 137 Å². The summed E-state index contributed by atoms with van der Waals surface area (Å²) in [5, 5.41) is 8.26. The van der Waals surface area contributed by atoms with Crippen LogP contribution >= 0.6 is 0 Å². The standard InChI is InChI=1S/C57H93N3O12/c1-43(2)10-9-11-44(3)50-16-17-51-49-15-14-46-41-48(20-22-56(46,4)52(49)21-23-57(50,51)5)72-55(64)59-25-27-66-29-31-68-33-35-70-37-39-71-38-36-69-34-32-67-30-28-65-26-24-58-53(62)18-19-54(63)60-47(42-61)40-45-12-7-6-8-13-45/h6-8,12-14,42-44,47-52H,9-11,15-41H2,1-5H3,(H,58,62)(H,59,64)(H,60,63)/t44-,47+,48+,49?,50-,51?,52?,56+,57-/m1/s1. The minimum atomic E-state index is -0.630. The Morgan fingerprint density at radius 1 is 0.667 bits per heavy atom. The van der Waals surface area contributed by atoms with E-state index in [9.17, 15) is 19.2 Å². The van der Waals surface area contributed by atoms with Crippen molar-refractivity contribution in [1.29, 1.82) is 0 Å². The third kappa shape index (κ3) is 20.0. The number of allylic oxidation sites excluding steroid dienone is 1. The lowest BCUT2D eigenvalue weighted by molar-refractivity contribution is -0.127. The number of hydrogen-bond donors (Lipinski definition) is 3. The molecule has 1 aromatic carbocycles. The molecule has 0 radical (unpaired) electrons. The average Bonchev–Trinajstić information content (AvgIpc) is 3.73. The molecule has 5 rings (SSSR count). The minimum absolute atomic E-state index is 0.00186. The molecule has 3 N–H and O–H groups in total. The SMILES string of the molecule is CC(C)CCC[C@@H](C)[C@H]1CCC2C3CC=C4C[C@@H](OC(=O)NCCOCCOCCOCCOCCOCCOCCOCCNC(=O)CCC(=O)N[C@H](C=O)Cc5ccccc5)CC[C@]4(C)C3CC[C@@]21C. The average molecular weight is 1010 g/mol. The lowest BCUT2D eigenvalue weighted by atomic mass is 9.47. The molecule has 15 heteroatoms. The maximum Gasteiger partial charge on any atom is 0.407 e. The molecule has 0 bridgehead atoms. The zero-order valence-electron chi connectivity index (χ0n) is 44.8. The molecule has 3 unspecified atom stereocenters. The fourth-order valence-corrected chi connectivity index (χ4v) is 12.5. The van der Waals surface area contributed by atoms with Crippen molar-refractivity contribution in [3.05, 3.63) is 47.5 Å². The van der Waals surface area contributed by atoms with Crippen LogP contribution in [0.3, 0.4) is 0 Å². The van der Waals surface area contributed by atoms with Crippen LogP contribution in [0.5, 0.6) is 0 Å². The molecule has 408 valence electrons. The summed E-state index contributed by atoms with van der Waals surface area (Å²) >= 11 is 0. The Morgan fingerprint density at radius 2 is 1.24 bits per heavy atom. The van der Waals surface area contributed by atoms with Crippen molar-refractivity contribution < 1.29 is 57.1 Å². The van der Waals surface area contributed by atoms with E-state index in [0.717, 1.165) is 60.3 Å². The van der Waals surface area contributed by atoms with E-state index in [0.29, 0.717) is 124 Å². The van der Waals surface area contributed by atoms with Crippen LogP contribution in [0, 0.1) is 46.3 Å². The quantitative estimate of drug-likeness (QED) is 0.0332. The Labute approximate surface area is 432 Å². The van der Waals surface area contributed by atoms with Gasteiger partial charge in [0.25, 0.3) is 0 Å². The molecule has 3 saturated carbocycles. The smallest absolute Gasteiger partial charge is 0.407 e. The van der Waals surface area contributed by atoms with Gasteiger partial charge in [-0.2, -0.15) is 0 Å². The number of carbonyl (C=O) groups excluding carboxylic acids is 4. The molecule has 1 aromatic rings. The molecule has 9 atom stereocenters. The van der Waals surface area contributed by atoms with Crippen LogP contribution in [0.2, 0.25) is 0 Å². The zero-order valence-corrected chi connectivity index (χ0v) is 44.8. The van der Waals surface area contributed by atoms with Gasteiger partial charge in [0.1, 0.15) is 12.4 Å². The topological polar surface area (TPSA) is 178 Å². The number of fused-ring (bicyclic) bond motifs is 5. The van der Waals surface area contributed by atoms with E-state index in [-0.39, 0.29) is 42.3 Å². The van der Waals surface area contributed by atoms with Crippen LogP contribution in [-0.2, 0) is 58.7 Å². The van der Waals surface area contributed by atoms with Crippen LogP contribution in [0.25, 0.3) is 0 Å². The molecule has 72 heavy (non-hydrogen) atoms. The van der Waals surface area contributed by atoms with Gasteiger partial charge in [0.15, 0.2) is 0 Å². The molecule has 4 aliphatic carbocycles. The van der Waals surface area contributed by atoms with Gasteiger partial charge in [-0.1, -0.05) is 95.9 Å². The maximum atomic E-state index is 12.7. The molecule has 0 aromatic heterocycles. The van der Waals surface area contributed by atoms with Crippen LogP contribution in [-0.4, -0.2) is 142 Å². The largest absolute Gasteiger partial charge is 0.446 e. The van der Waals surface area contributed by atoms with Gasteiger partial charge in [-0.15, -0.1) is 0 Å². The number of nitrogens with one attached hydrogen (secondary N) is 3. The van der Waals surface area contributed by atoms with Crippen molar-refractivity contribution >= 4 is 24.2 Å². The number of carbonyl (C=O) groups is 4. The van der Waals surface area contributed by atoms with Crippen molar-refractivity contribution in [3.8, 4) is 0 Å². The Bertz CT molecular complexity index is 1750. The van der Waals surface area contributed by atoms with Crippen molar-refractivity contribution in [3.63, 3.8) is 0 Å². The number of benzene rings is 1. The monoisotopic (exact) mass is 1010 g/mol. The number of rotatable bonds is 37. The van der Waals surface area contributed by atoms with E-state index in [1.807, 2.05) is 30.3 Å². The second-order valence-electron chi connectivity index (χ2n) is 21.6. The van der Waals surface area contributed by atoms with Crippen LogP contribution in [0.4, 0.5) is 4.79 Å². The molecule has 0 aliphatic heterocycles. The predicted molar refractivity (Wildman–Crippen MR) is 277 cm³/mol. The molecule has 3 fully saturated rings. The third-order valence-electron chi connectivity index (χ3n) is 16.2. The molecule has 4 aliphatic rings. The third-order valence-corrected chi connectivity index (χ3v) is 16.2. The van der Waals surface area contributed by atoms with E-state index < -0.39 is 6.04 Å². The van der Waals surface area contributed by atoms with Gasteiger partial charge in [0.2, 0.25) is 11.8 Å². The molecular weight excluding hydrogens is 919 g/mol. The summed E-state index contributed by atoms with van der Waals surface area (Å²) in [6.07, 6.45) is 17.1. The lowest BCUT2D eigenvalue weighted by Crippen LogP contribution is -2.51. The number of aldehydes is 1. The van der Waals surface area contributed by atoms with Crippen LogP contribution in [0.15, 0.2) is 42.0 Å². The van der Waals surface area contributed by atoms with E-state index in [1.165, 1.54) is 51.4 Å². The number of amides is 3. The second-order valence-corrected chi connectivity index (χ2v) is 21.6. The van der Waals surface area contributed by atoms with Crippen molar-refractivity contribution in [2.75, 3.05) is 106 Å². The summed E-state index contributed by atoms with van der Waals surface area (Å²) in [5.74, 6) is 4.32. The van der Waals surface area contributed by atoms with Gasteiger partial charge in [0, 0.05) is 32.4 Å². The van der Waals surface area contributed by atoms with E-state index in [4.69, 9.17) is 37.9 Å². The predicted octanol–water partition coefficient (Wildman–Crippen LogP) is 8.06. The molecule has 3 amide bonds. The summed E-state index contributed by atoms with van der Waals surface area (Å²) in [7, 11) is 0. The highest BCUT2D eigenvalue weighted by Crippen LogP contribution is 2.67. The normalized spacial score (nSPS) is 25.4. The van der Waals surface area contributed by atoms with Crippen LogP contribution in [0.1, 0.15) is 124 Å². The van der Waals surface area contributed by atoms with Gasteiger partial charge in [-0.25, -0.2) is 4.79 Å². The highest BCUT2D eigenvalue weighted by Gasteiger charge is 2.59. The Kier molecular flexibility index (Phi) is 27.1. The van der Waals surface area contributed by atoms with Gasteiger partial charge >= 0.3 is 6.09 Å². The molecule has 0 heterocycles. The Morgan fingerprint density at radius 3 is 1.82 bits per heavy atom. The minimum Gasteiger partial charge on any atom is -0.446 e. The first-order valence-electron chi connectivity index (χ1n) is 27.7. The Hall–Kier alpha value is -3.44. The molecule has 0 saturated heterocycles. The second kappa shape index (κ2) is 32.8. The molecular formula is C57H93N3O12. The first-order valence-corrected chi connectivity index (χ1v) is 27.7. The highest BCUT2D eigenvalue weighted by molar-refractivity contribution is 5.85.